The van der Waals surface area contributed by atoms with Gasteiger partial charge in [0, 0.05) is 11.3 Å². The maximum absolute atomic E-state index is 10.6. The molecular formula is C9H15NO3. The third-order valence-corrected chi connectivity index (χ3v) is 2.37. The Morgan fingerprint density at radius 3 is 2.85 bits per heavy atom. The number of hydrogen-bond acceptors (Lipinski definition) is 3. The summed E-state index contributed by atoms with van der Waals surface area (Å²) in [7, 11) is 0. The Morgan fingerprint density at radius 1 is 1.54 bits per heavy atom. The second-order valence-electron chi connectivity index (χ2n) is 3.30. The van der Waals surface area contributed by atoms with Gasteiger partial charge in [0.05, 0.1) is 6.61 Å². The van der Waals surface area contributed by atoms with Gasteiger partial charge >= 0.3 is 0 Å². The Labute approximate surface area is 77.7 Å². The zero-order chi connectivity index (χ0) is 9.68. The number of hydrogen-bond donors (Lipinski definition) is 0. The first-order chi connectivity index (χ1) is 6.25. The van der Waals surface area contributed by atoms with Crippen LogP contribution in [0, 0.1) is 10.1 Å². The highest BCUT2D eigenvalue weighted by Gasteiger charge is 2.34. The molecule has 0 aromatic heterocycles. The SMILES string of the molecule is C=CCOC1CCCCC1[N+](=O)[O-]. The van der Waals surface area contributed by atoms with Crippen LogP contribution in [0.1, 0.15) is 25.7 Å². The van der Waals surface area contributed by atoms with Crippen molar-refractivity contribution in [2.24, 2.45) is 0 Å². The largest absolute Gasteiger partial charge is 0.367 e. The van der Waals surface area contributed by atoms with Gasteiger partial charge in [0.25, 0.3) is 0 Å². The maximum atomic E-state index is 10.6. The van der Waals surface area contributed by atoms with Crippen molar-refractivity contribution < 1.29 is 9.66 Å². The van der Waals surface area contributed by atoms with Crippen molar-refractivity contribution in [1.82, 2.24) is 0 Å². The van der Waals surface area contributed by atoms with Crippen LogP contribution < -0.4 is 0 Å². The van der Waals surface area contributed by atoms with E-state index in [1.54, 1.807) is 6.08 Å². The lowest BCUT2D eigenvalue weighted by Crippen LogP contribution is -2.38. The molecule has 0 heterocycles. The molecule has 0 spiro atoms. The summed E-state index contributed by atoms with van der Waals surface area (Å²) in [6.45, 7) is 3.93. The van der Waals surface area contributed by atoms with Gasteiger partial charge < -0.3 is 4.74 Å². The lowest BCUT2D eigenvalue weighted by atomic mass is 9.93. The lowest BCUT2D eigenvalue weighted by Gasteiger charge is -2.24. The normalized spacial score (nSPS) is 28.3. The number of nitro groups is 1. The fraction of sp³-hybridized carbons (Fsp3) is 0.778. The fourth-order valence-corrected chi connectivity index (χ4v) is 1.70. The van der Waals surface area contributed by atoms with Gasteiger partial charge in [0.2, 0.25) is 6.04 Å². The van der Waals surface area contributed by atoms with E-state index in [-0.39, 0.29) is 11.0 Å². The van der Waals surface area contributed by atoms with E-state index in [9.17, 15) is 10.1 Å². The highest BCUT2D eigenvalue weighted by molar-refractivity contribution is 4.77. The summed E-state index contributed by atoms with van der Waals surface area (Å²) in [5.74, 6) is 0. The molecule has 1 aliphatic carbocycles. The molecule has 0 aromatic rings. The molecule has 0 aromatic carbocycles. The van der Waals surface area contributed by atoms with E-state index in [0.29, 0.717) is 13.0 Å². The van der Waals surface area contributed by atoms with Crippen LogP contribution in [-0.4, -0.2) is 23.7 Å². The minimum Gasteiger partial charge on any atom is -0.367 e. The van der Waals surface area contributed by atoms with Crippen LogP contribution in [0.25, 0.3) is 0 Å². The summed E-state index contributed by atoms with van der Waals surface area (Å²) in [6.07, 6.45) is 4.85. The van der Waals surface area contributed by atoms with Crippen molar-refractivity contribution in [3.8, 4) is 0 Å². The minimum absolute atomic E-state index is 0.207. The topological polar surface area (TPSA) is 52.4 Å². The maximum Gasteiger partial charge on any atom is 0.238 e. The molecule has 0 aliphatic heterocycles. The molecule has 0 amide bonds. The molecule has 4 nitrogen and oxygen atoms in total. The predicted octanol–water partition coefficient (Wildman–Crippen LogP) is 1.78. The van der Waals surface area contributed by atoms with Crippen LogP contribution in [0.5, 0.6) is 0 Å². The Bertz CT molecular complexity index is 193. The van der Waals surface area contributed by atoms with E-state index < -0.39 is 6.04 Å². The number of ether oxygens (including phenoxy) is 1. The first-order valence-electron chi connectivity index (χ1n) is 4.61. The molecule has 0 saturated heterocycles. The first kappa shape index (κ1) is 10.2. The minimum atomic E-state index is -0.506. The molecule has 4 heteroatoms. The zero-order valence-corrected chi connectivity index (χ0v) is 7.65. The Balaban J connectivity index is 2.46. The summed E-state index contributed by atoms with van der Waals surface area (Å²) in [5.41, 5.74) is 0. The molecule has 0 bridgehead atoms. The van der Waals surface area contributed by atoms with E-state index in [1.807, 2.05) is 0 Å². The van der Waals surface area contributed by atoms with E-state index in [4.69, 9.17) is 4.74 Å². The molecule has 74 valence electrons. The quantitative estimate of drug-likeness (QED) is 0.381. The summed E-state index contributed by atoms with van der Waals surface area (Å²) >= 11 is 0. The first-order valence-corrected chi connectivity index (χ1v) is 4.61. The molecule has 1 saturated carbocycles. The lowest BCUT2D eigenvalue weighted by molar-refractivity contribution is -0.538. The van der Waals surface area contributed by atoms with Gasteiger partial charge in [-0.2, -0.15) is 0 Å². The summed E-state index contributed by atoms with van der Waals surface area (Å²) in [6, 6.07) is -0.506. The van der Waals surface area contributed by atoms with Gasteiger partial charge in [-0.1, -0.05) is 12.5 Å². The Hall–Kier alpha value is -0.900. The van der Waals surface area contributed by atoms with Gasteiger partial charge in [-0.25, -0.2) is 0 Å². The van der Waals surface area contributed by atoms with Gasteiger partial charge in [-0.15, -0.1) is 6.58 Å². The van der Waals surface area contributed by atoms with Gasteiger partial charge in [-0.05, 0) is 12.8 Å². The molecule has 1 rings (SSSR count). The molecule has 2 unspecified atom stereocenters. The van der Waals surface area contributed by atoms with Gasteiger partial charge in [-0.3, -0.25) is 10.1 Å². The molecule has 0 N–H and O–H groups in total. The molecular weight excluding hydrogens is 170 g/mol. The Kier molecular flexibility index (Phi) is 3.89. The highest BCUT2D eigenvalue weighted by atomic mass is 16.6. The van der Waals surface area contributed by atoms with Crippen LogP contribution in [0.3, 0.4) is 0 Å². The third kappa shape index (κ3) is 2.81. The third-order valence-electron chi connectivity index (χ3n) is 2.37. The molecule has 1 aliphatic rings. The van der Waals surface area contributed by atoms with E-state index in [2.05, 4.69) is 6.58 Å². The second-order valence-corrected chi connectivity index (χ2v) is 3.30. The van der Waals surface area contributed by atoms with Crippen LogP contribution in [0.2, 0.25) is 0 Å². The van der Waals surface area contributed by atoms with Gasteiger partial charge in [0.15, 0.2) is 0 Å². The Morgan fingerprint density at radius 2 is 2.23 bits per heavy atom. The van der Waals surface area contributed by atoms with Crippen molar-refractivity contribution in [2.45, 2.75) is 37.8 Å². The summed E-state index contributed by atoms with van der Waals surface area (Å²) < 4.78 is 5.35. The number of rotatable bonds is 4. The average molecular weight is 185 g/mol. The highest BCUT2D eigenvalue weighted by Crippen LogP contribution is 2.23. The van der Waals surface area contributed by atoms with Crippen molar-refractivity contribution in [3.63, 3.8) is 0 Å². The second kappa shape index (κ2) is 4.97. The van der Waals surface area contributed by atoms with E-state index in [1.165, 1.54) is 0 Å². The molecule has 2 atom stereocenters. The summed E-state index contributed by atoms with van der Waals surface area (Å²) in [4.78, 5) is 10.4. The van der Waals surface area contributed by atoms with Crippen molar-refractivity contribution in [2.75, 3.05) is 6.61 Å². The van der Waals surface area contributed by atoms with Gasteiger partial charge in [0.1, 0.15) is 6.10 Å². The monoisotopic (exact) mass is 185 g/mol. The fourth-order valence-electron chi connectivity index (χ4n) is 1.70. The van der Waals surface area contributed by atoms with Crippen LogP contribution in [-0.2, 0) is 4.74 Å². The zero-order valence-electron chi connectivity index (χ0n) is 7.65. The van der Waals surface area contributed by atoms with Crippen molar-refractivity contribution >= 4 is 0 Å². The van der Waals surface area contributed by atoms with Crippen LogP contribution >= 0.6 is 0 Å². The van der Waals surface area contributed by atoms with Crippen LogP contribution in [0.15, 0.2) is 12.7 Å². The molecule has 1 fully saturated rings. The predicted molar refractivity (Wildman–Crippen MR) is 49.2 cm³/mol. The van der Waals surface area contributed by atoms with Crippen LogP contribution in [0.4, 0.5) is 0 Å². The molecule has 0 radical (unpaired) electrons. The van der Waals surface area contributed by atoms with Crippen molar-refractivity contribution in [3.05, 3.63) is 22.8 Å². The molecule has 13 heavy (non-hydrogen) atoms. The number of nitrogens with zero attached hydrogens (tertiary/aromatic N) is 1. The smallest absolute Gasteiger partial charge is 0.238 e. The van der Waals surface area contributed by atoms with Crippen molar-refractivity contribution in [1.29, 1.82) is 0 Å². The summed E-state index contributed by atoms with van der Waals surface area (Å²) in [5, 5.41) is 10.6. The van der Waals surface area contributed by atoms with E-state index in [0.717, 1.165) is 19.3 Å². The average Bonchev–Trinajstić information content (AvgIpc) is 2.15. The standard InChI is InChI=1S/C9H15NO3/c1-2-7-13-9-6-4-3-5-8(9)10(11)12/h2,8-9H,1,3-7H2. The van der Waals surface area contributed by atoms with E-state index >= 15 is 0 Å².